The molecule has 0 aromatic rings. The number of rotatable bonds is 1. The largest absolute Gasteiger partial charge is 0.462 e. The maximum absolute atomic E-state index is 11.3. The third-order valence-electron chi connectivity index (χ3n) is 4.52. The molecule has 0 unspecified atom stereocenters. The number of hydrogen-bond acceptors (Lipinski definition) is 5. The molecule has 2 fully saturated rings. The van der Waals surface area contributed by atoms with E-state index in [1.807, 2.05) is 20.8 Å². The Labute approximate surface area is 114 Å². The zero-order chi connectivity index (χ0) is 14.2. The summed E-state index contributed by atoms with van der Waals surface area (Å²) in [7, 11) is 0. The normalized spacial score (nSPS) is 47.1. The van der Waals surface area contributed by atoms with E-state index in [4.69, 9.17) is 14.2 Å². The summed E-state index contributed by atoms with van der Waals surface area (Å²) in [5, 5.41) is 10.1. The number of carbonyl (C=O) groups excluding carboxylic acids is 1. The molecule has 110 valence electrons. The molecule has 1 spiro atoms. The van der Waals surface area contributed by atoms with Crippen LogP contribution in [0.5, 0.6) is 0 Å². The Bertz CT molecular complexity index is 345. The lowest BCUT2D eigenvalue weighted by molar-refractivity contribution is -0.359. The Balaban J connectivity index is 2.23. The van der Waals surface area contributed by atoms with Crippen LogP contribution in [0, 0.1) is 17.8 Å². The van der Waals surface area contributed by atoms with Crippen molar-refractivity contribution in [2.45, 2.75) is 52.1 Å². The van der Waals surface area contributed by atoms with Gasteiger partial charge in [-0.15, -0.1) is 0 Å². The SMILES string of the molecule is CC(=O)O[C@H]1[C@@H](C)[C@]2(OCC[C@@H](O)[C@@H]2C)OC[C@@H]1C. The Hall–Kier alpha value is -0.650. The third kappa shape index (κ3) is 2.51. The minimum atomic E-state index is -0.843. The van der Waals surface area contributed by atoms with Gasteiger partial charge >= 0.3 is 5.97 Å². The molecule has 19 heavy (non-hydrogen) atoms. The second kappa shape index (κ2) is 5.38. The lowest BCUT2D eigenvalue weighted by Gasteiger charge is -2.53. The van der Waals surface area contributed by atoms with Gasteiger partial charge in [0, 0.05) is 24.7 Å². The molecule has 5 heteroatoms. The topological polar surface area (TPSA) is 65.0 Å². The summed E-state index contributed by atoms with van der Waals surface area (Å²) in [6.07, 6.45) is -0.0612. The molecule has 2 saturated heterocycles. The van der Waals surface area contributed by atoms with Gasteiger partial charge in [-0.3, -0.25) is 4.79 Å². The van der Waals surface area contributed by atoms with Crippen molar-refractivity contribution in [2.24, 2.45) is 17.8 Å². The van der Waals surface area contributed by atoms with E-state index < -0.39 is 11.9 Å². The Morgan fingerprint density at radius 2 is 1.95 bits per heavy atom. The zero-order valence-electron chi connectivity index (χ0n) is 12.1. The Kier molecular flexibility index (Phi) is 4.18. The van der Waals surface area contributed by atoms with Gasteiger partial charge in [-0.25, -0.2) is 0 Å². The second-order valence-electron chi connectivity index (χ2n) is 5.87. The predicted molar refractivity (Wildman–Crippen MR) is 68.3 cm³/mol. The quantitative estimate of drug-likeness (QED) is 0.730. The first-order valence-corrected chi connectivity index (χ1v) is 7.01. The molecule has 0 radical (unpaired) electrons. The van der Waals surface area contributed by atoms with E-state index >= 15 is 0 Å². The molecule has 2 aliphatic heterocycles. The number of ether oxygens (including phenoxy) is 3. The average Bonchev–Trinajstić information content (AvgIpc) is 2.35. The van der Waals surface area contributed by atoms with Crippen molar-refractivity contribution in [1.82, 2.24) is 0 Å². The molecule has 2 aliphatic rings. The summed E-state index contributed by atoms with van der Waals surface area (Å²) in [6, 6.07) is 0. The molecule has 0 aromatic carbocycles. The highest BCUT2D eigenvalue weighted by atomic mass is 16.7. The smallest absolute Gasteiger partial charge is 0.302 e. The maximum atomic E-state index is 11.3. The number of aliphatic hydroxyl groups excluding tert-OH is 1. The van der Waals surface area contributed by atoms with Crippen molar-refractivity contribution in [2.75, 3.05) is 13.2 Å². The van der Waals surface area contributed by atoms with E-state index in [2.05, 4.69) is 0 Å². The number of carbonyl (C=O) groups is 1. The molecule has 0 amide bonds. The molecular weight excluding hydrogens is 248 g/mol. The molecule has 0 saturated carbocycles. The highest BCUT2D eigenvalue weighted by molar-refractivity contribution is 5.66. The maximum Gasteiger partial charge on any atom is 0.302 e. The van der Waals surface area contributed by atoms with Gasteiger partial charge in [0.25, 0.3) is 0 Å². The zero-order valence-corrected chi connectivity index (χ0v) is 12.1. The summed E-state index contributed by atoms with van der Waals surface area (Å²) >= 11 is 0. The highest BCUT2D eigenvalue weighted by Crippen LogP contribution is 2.45. The first-order valence-electron chi connectivity index (χ1n) is 7.01. The average molecular weight is 272 g/mol. The van der Waals surface area contributed by atoms with Crippen LogP contribution in [-0.4, -0.2) is 42.3 Å². The summed E-state index contributed by atoms with van der Waals surface area (Å²) < 4.78 is 17.3. The van der Waals surface area contributed by atoms with Crippen LogP contribution in [0.2, 0.25) is 0 Å². The third-order valence-corrected chi connectivity index (χ3v) is 4.52. The van der Waals surface area contributed by atoms with E-state index in [9.17, 15) is 9.90 Å². The summed E-state index contributed by atoms with van der Waals surface area (Å²) in [6.45, 7) is 8.26. The number of aliphatic hydroxyl groups is 1. The second-order valence-corrected chi connectivity index (χ2v) is 5.87. The van der Waals surface area contributed by atoms with Crippen LogP contribution in [0.3, 0.4) is 0 Å². The Morgan fingerprint density at radius 1 is 1.26 bits per heavy atom. The first-order chi connectivity index (χ1) is 8.88. The monoisotopic (exact) mass is 272 g/mol. The number of esters is 1. The van der Waals surface area contributed by atoms with Crippen molar-refractivity contribution in [3.05, 3.63) is 0 Å². The molecule has 0 bridgehead atoms. The van der Waals surface area contributed by atoms with Gasteiger partial charge in [-0.2, -0.15) is 0 Å². The summed E-state index contributed by atoms with van der Waals surface area (Å²) in [5.74, 6) is -1.25. The van der Waals surface area contributed by atoms with Crippen LogP contribution in [0.15, 0.2) is 0 Å². The van der Waals surface area contributed by atoms with Gasteiger partial charge in [0.2, 0.25) is 0 Å². The van der Waals surface area contributed by atoms with Gasteiger partial charge < -0.3 is 19.3 Å². The van der Waals surface area contributed by atoms with Crippen LogP contribution in [0.1, 0.15) is 34.1 Å². The van der Waals surface area contributed by atoms with E-state index in [1.165, 1.54) is 6.92 Å². The van der Waals surface area contributed by atoms with Crippen molar-refractivity contribution in [3.8, 4) is 0 Å². The fourth-order valence-electron chi connectivity index (χ4n) is 3.33. The molecule has 6 atom stereocenters. The standard InChI is InChI=1S/C14H24O5/c1-8-7-18-14(9(2)12(16)5-6-17-14)10(3)13(8)19-11(4)15/h8-10,12-13,16H,5-7H2,1-4H3/t8-,9-,10+,12+,13+,14+/m0/s1. The lowest BCUT2D eigenvalue weighted by Crippen LogP contribution is -2.63. The Morgan fingerprint density at radius 3 is 2.58 bits per heavy atom. The lowest BCUT2D eigenvalue weighted by atomic mass is 9.75. The fraction of sp³-hybridized carbons (Fsp3) is 0.929. The van der Waals surface area contributed by atoms with Crippen molar-refractivity contribution < 1.29 is 24.1 Å². The highest BCUT2D eigenvalue weighted by Gasteiger charge is 2.56. The van der Waals surface area contributed by atoms with E-state index in [0.717, 1.165) is 0 Å². The van der Waals surface area contributed by atoms with Gasteiger partial charge in [-0.1, -0.05) is 20.8 Å². The molecular formula is C14H24O5. The van der Waals surface area contributed by atoms with Crippen LogP contribution >= 0.6 is 0 Å². The van der Waals surface area contributed by atoms with Crippen molar-refractivity contribution in [3.63, 3.8) is 0 Å². The van der Waals surface area contributed by atoms with Crippen LogP contribution < -0.4 is 0 Å². The van der Waals surface area contributed by atoms with Gasteiger partial charge in [0.1, 0.15) is 6.10 Å². The molecule has 1 N–H and O–H groups in total. The molecule has 2 rings (SSSR count). The van der Waals surface area contributed by atoms with Crippen molar-refractivity contribution in [1.29, 1.82) is 0 Å². The van der Waals surface area contributed by atoms with E-state index in [1.54, 1.807) is 0 Å². The van der Waals surface area contributed by atoms with Crippen LogP contribution in [0.25, 0.3) is 0 Å². The summed E-state index contributed by atoms with van der Waals surface area (Å²) in [4.78, 5) is 11.3. The molecule has 5 nitrogen and oxygen atoms in total. The first kappa shape index (κ1) is 14.8. The minimum Gasteiger partial charge on any atom is -0.462 e. The summed E-state index contributed by atoms with van der Waals surface area (Å²) in [5.41, 5.74) is 0. The molecule has 0 aromatic heterocycles. The molecule has 2 heterocycles. The molecule has 0 aliphatic carbocycles. The van der Waals surface area contributed by atoms with E-state index in [0.29, 0.717) is 19.6 Å². The van der Waals surface area contributed by atoms with Gasteiger partial charge in [0.15, 0.2) is 5.79 Å². The number of hydrogen-bond donors (Lipinski definition) is 1. The van der Waals surface area contributed by atoms with Gasteiger partial charge in [0.05, 0.1) is 19.3 Å². The van der Waals surface area contributed by atoms with Gasteiger partial charge in [-0.05, 0) is 6.42 Å². The van der Waals surface area contributed by atoms with Crippen LogP contribution in [-0.2, 0) is 19.0 Å². The van der Waals surface area contributed by atoms with E-state index in [-0.39, 0.29) is 29.8 Å². The predicted octanol–water partition coefficient (Wildman–Crippen LogP) is 1.33. The van der Waals surface area contributed by atoms with Crippen molar-refractivity contribution >= 4 is 5.97 Å². The van der Waals surface area contributed by atoms with Crippen LogP contribution in [0.4, 0.5) is 0 Å². The fourth-order valence-corrected chi connectivity index (χ4v) is 3.33. The minimum absolute atomic E-state index is 0.106.